The van der Waals surface area contributed by atoms with Crippen LogP contribution < -0.4 is 0 Å². The van der Waals surface area contributed by atoms with E-state index in [1.54, 1.807) is 4.90 Å². The smallest absolute Gasteiger partial charge is 0.303 e. The molecule has 1 fully saturated rings. The number of likely N-dealkylation sites (tertiary alicyclic amines) is 1. The summed E-state index contributed by atoms with van der Waals surface area (Å²) in [5.41, 5.74) is 1.05. The van der Waals surface area contributed by atoms with Crippen LogP contribution in [0.2, 0.25) is 0 Å². The molecule has 22 heavy (non-hydrogen) atoms. The maximum atomic E-state index is 12.2. The quantitative estimate of drug-likeness (QED) is 0.839. The molecule has 120 valence electrons. The Balaban J connectivity index is 1.71. The number of nitrogens with zero attached hydrogens (tertiary/aromatic N) is 1. The van der Waals surface area contributed by atoms with Gasteiger partial charge in [-0.1, -0.05) is 30.3 Å². The Hall–Kier alpha value is -1.88. The minimum Gasteiger partial charge on any atom is -0.481 e. The molecular formula is C17H23NO4. The average Bonchev–Trinajstić information content (AvgIpc) is 2.54. The summed E-state index contributed by atoms with van der Waals surface area (Å²) in [6, 6.07) is 9.76. The third-order valence-electron chi connectivity index (χ3n) is 3.98. The molecule has 0 aliphatic carbocycles. The summed E-state index contributed by atoms with van der Waals surface area (Å²) in [7, 11) is 0. The minimum atomic E-state index is -0.769. The summed E-state index contributed by atoms with van der Waals surface area (Å²) in [4.78, 5) is 24.6. The topological polar surface area (TPSA) is 66.8 Å². The molecule has 5 heteroatoms. The third-order valence-corrected chi connectivity index (χ3v) is 3.98. The first kappa shape index (κ1) is 16.5. The second kappa shape index (κ2) is 8.54. The first-order chi connectivity index (χ1) is 10.6. The van der Waals surface area contributed by atoms with Crippen molar-refractivity contribution in [3.05, 3.63) is 35.9 Å². The van der Waals surface area contributed by atoms with Gasteiger partial charge in [0, 0.05) is 19.5 Å². The zero-order chi connectivity index (χ0) is 15.8. The van der Waals surface area contributed by atoms with Gasteiger partial charge in [-0.05, 0) is 30.7 Å². The molecule has 0 radical (unpaired) electrons. The summed E-state index contributed by atoms with van der Waals surface area (Å²) in [5, 5.41) is 8.74. The van der Waals surface area contributed by atoms with Crippen LogP contribution in [-0.4, -0.2) is 41.6 Å². The van der Waals surface area contributed by atoms with Crippen LogP contribution in [0.1, 0.15) is 31.2 Å². The van der Waals surface area contributed by atoms with Crippen molar-refractivity contribution in [2.45, 2.75) is 32.3 Å². The Morgan fingerprint density at radius 3 is 2.77 bits per heavy atom. The minimum absolute atomic E-state index is 0.00374. The van der Waals surface area contributed by atoms with Crippen LogP contribution in [0.5, 0.6) is 0 Å². The van der Waals surface area contributed by atoms with Gasteiger partial charge >= 0.3 is 5.97 Å². The SMILES string of the molecule is O=C(O)CC[C@@H]1CCCN(C(=O)COCc2ccccc2)C1. The highest BCUT2D eigenvalue weighted by atomic mass is 16.5. The summed E-state index contributed by atoms with van der Waals surface area (Å²) < 4.78 is 5.48. The van der Waals surface area contributed by atoms with E-state index >= 15 is 0 Å². The molecule has 0 bridgehead atoms. The number of carbonyl (C=O) groups excluding carboxylic acids is 1. The number of aliphatic carboxylic acids is 1. The molecule has 1 aromatic rings. The lowest BCUT2D eigenvalue weighted by molar-refractivity contribution is -0.138. The van der Waals surface area contributed by atoms with Crippen LogP contribution >= 0.6 is 0 Å². The molecule has 1 heterocycles. The molecule has 1 aromatic carbocycles. The zero-order valence-electron chi connectivity index (χ0n) is 12.7. The van der Waals surface area contributed by atoms with Crippen molar-refractivity contribution in [1.82, 2.24) is 4.90 Å². The second-order valence-corrected chi connectivity index (χ2v) is 5.76. The number of rotatable bonds is 7. The largest absolute Gasteiger partial charge is 0.481 e. The molecule has 1 aliphatic heterocycles. The van der Waals surface area contributed by atoms with Crippen LogP contribution in [0.3, 0.4) is 0 Å². The Morgan fingerprint density at radius 2 is 2.05 bits per heavy atom. The van der Waals surface area contributed by atoms with Crippen LogP contribution in [-0.2, 0) is 20.9 Å². The highest BCUT2D eigenvalue weighted by Gasteiger charge is 2.23. The van der Waals surface area contributed by atoms with E-state index in [9.17, 15) is 9.59 Å². The molecule has 0 saturated carbocycles. The number of hydrogen-bond donors (Lipinski definition) is 1. The number of piperidine rings is 1. The van der Waals surface area contributed by atoms with Crippen molar-refractivity contribution in [3.63, 3.8) is 0 Å². The van der Waals surface area contributed by atoms with Gasteiger partial charge in [0.25, 0.3) is 0 Å². The van der Waals surface area contributed by atoms with Gasteiger partial charge in [-0.3, -0.25) is 9.59 Å². The fourth-order valence-corrected chi connectivity index (χ4v) is 2.78. The number of carboxylic acid groups (broad SMARTS) is 1. The summed E-state index contributed by atoms with van der Waals surface area (Å²) in [5.74, 6) is -0.478. The lowest BCUT2D eigenvalue weighted by Crippen LogP contribution is -2.41. The van der Waals surface area contributed by atoms with Gasteiger partial charge in [-0.2, -0.15) is 0 Å². The van der Waals surface area contributed by atoms with Gasteiger partial charge in [0.1, 0.15) is 6.61 Å². The van der Waals surface area contributed by atoms with Gasteiger partial charge < -0.3 is 14.7 Å². The molecule has 1 saturated heterocycles. The van der Waals surface area contributed by atoms with Crippen LogP contribution in [0.15, 0.2) is 30.3 Å². The first-order valence-electron chi connectivity index (χ1n) is 7.76. The Bertz CT molecular complexity index is 489. The maximum absolute atomic E-state index is 12.2. The lowest BCUT2D eigenvalue weighted by atomic mass is 9.93. The van der Waals surface area contributed by atoms with E-state index in [1.807, 2.05) is 30.3 Å². The number of ether oxygens (including phenoxy) is 1. The summed E-state index contributed by atoms with van der Waals surface area (Å²) in [6.07, 6.45) is 2.76. The molecular weight excluding hydrogens is 282 g/mol. The Morgan fingerprint density at radius 1 is 1.27 bits per heavy atom. The maximum Gasteiger partial charge on any atom is 0.303 e. The molecule has 0 aromatic heterocycles. The predicted molar refractivity (Wildman–Crippen MR) is 82.3 cm³/mol. The van der Waals surface area contributed by atoms with E-state index in [4.69, 9.17) is 9.84 Å². The van der Waals surface area contributed by atoms with E-state index in [0.29, 0.717) is 25.5 Å². The fraction of sp³-hybridized carbons (Fsp3) is 0.529. The molecule has 1 atom stereocenters. The Labute approximate surface area is 130 Å². The van der Waals surface area contributed by atoms with Crippen molar-refractivity contribution in [2.75, 3.05) is 19.7 Å². The normalized spacial score (nSPS) is 18.2. The summed E-state index contributed by atoms with van der Waals surface area (Å²) >= 11 is 0. The lowest BCUT2D eigenvalue weighted by Gasteiger charge is -2.32. The number of amides is 1. The van der Waals surface area contributed by atoms with Gasteiger partial charge in [0.2, 0.25) is 5.91 Å². The van der Waals surface area contributed by atoms with Crippen LogP contribution in [0, 0.1) is 5.92 Å². The van der Waals surface area contributed by atoms with Crippen molar-refractivity contribution in [1.29, 1.82) is 0 Å². The zero-order valence-corrected chi connectivity index (χ0v) is 12.7. The third kappa shape index (κ3) is 5.48. The van der Waals surface area contributed by atoms with Gasteiger partial charge in [0.05, 0.1) is 6.61 Å². The molecule has 1 N–H and O–H groups in total. The van der Waals surface area contributed by atoms with Crippen LogP contribution in [0.25, 0.3) is 0 Å². The molecule has 1 amide bonds. The molecule has 5 nitrogen and oxygen atoms in total. The monoisotopic (exact) mass is 305 g/mol. The van der Waals surface area contributed by atoms with Gasteiger partial charge in [-0.15, -0.1) is 0 Å². The predicted octanol–water partition coefficient (Wildman–Crippen LogP) is 2.31. The molecule has 2 rings (SSSR count). The van der Waals surface area contributed by atoms with Gasteiger partial charge in [-0.25, -0.2) is 0 Å². The van der Waals surface area contributed by atoms with Crippen molar-refractivity contribution in [2.24, 2.45) is 5.92 Å². The summed E-state index contributed by atoms with van der Waals surface area (Å²) in [6.45, 7) is 1.92. The second-order valence-electron chi connectivity index (χ2n) is 5.76. The fourth-order valence-electron chi connectivity index (χ4n) is 2.78. The average molecular weight is 305 g/mol. The van der Waals surface area contributed by atoms with E-state index in [1.165, 1.54) is 0 Å². The van der Waals surface area contributed by atoms with Crippen molar-refractivity contribution >= 4 is 11.9 Å². The van der Waals surface area contributed by atoms with E-state index in [-0.39, 0.29) is 18.9 Å². The molecule has 1 aliphatic rings. The standard InChI is InChI=1S/C17H23NO4/c19-16(13-22-12-15-5-2-1-3-6-15)18-10-4-7-14(11-18)8-9-17(20)21/h1-3,5-6,14H,4,7-13H2,(H,20,21)/t14-/m0/s1. The number of carbonyl (C=O) groups is 2. The molecule has 0 unspecified atom stereocenters. The van der Waals surface area contributed by atoms with Gasteiger partial charge in [0.15, 0.2) is 0 Å². The van der Waals surface area contributed by atoms with E-state index in [0.717, 1.165) is 24.9 Å². The highest BCUT2D eigenvalue weighted by molar-refractivity contribution is 5.77. The molecule has 0 spiro atoms. The van der Waals surface area contributed by atoms with E-state index < -0.39 is 5.97 Å². The van der Waals surface area contributed by atoms with Crippen LogP contribution in [0.4, 0.5) is 0 Å². The number of hydrogen-bond acceptors (Lipinski definition) is 3. The van der Waals surface area contributed by atoms with E-state index in [2.05, 4.69) is 0 Å². The van der Waals surface area contributed by atoms with Crippen molar-refractivity contribution in [3.8, 4) is 0 Å². The highest BCUT2D eigenvalue weighted by Crippen LogP contribution is 2.21. The first-order valence-corrected chi connectivity index (χ1v) is 7.76. The number of carboxylic acids is 1. The Kier molecular flexibility index (Phi) is 6.40. The number of benzene rings is 1. The van der Waals surface area contributed by atoms with Crippen molar-refractivity contribution < 1.29 is 19.4 Å².